The molecule has 0 saturated carbocycles. The highest BCUT2D eigenvalue weighted by Crippen LogP contribution is 2.42. The fourth-order valence-corrected chi connectivity index (χ4v) is 3.87. The van der Waals surface area contributed by atoms with E-state index in [1.807, 2.05) is 12.1 Å². The van der Waals surface area contributed by atoms with Gasteiger partial charge in [0.25, 0.3) is 0 Å². The zero-order valence-electron chi connectivity index (χ0n) is 16.1. The van der Waals surface area contributed by atoms with Crippen molar-refractivity contribution in [3.05, 3.63) is 29.8 Å². The number of carbonyl (C=O) groups excluding carboxylic acids is 1. The summed E-state index contributed by atoms with van der Waals surface area (Å²) in [7, 11) is 5.18. The zero-order chi connectivity index (χ0) is 18.6. The van der Waals surface area contributed by atoms with Crippen LogP contribution in [0, 0.1) is 5.92 Å². The molecule has 6 heteroatoms. The van der Waals surface area contributed by atoms with Gasteiger partial charge in [0.05, 0.1) is 12.7 Å². The van der Waals surface area contributed by atoms with Crippen molar-refractivity contribution < 1.29 is 19.0 Å². The Morgan fingerprint density at radius 3 is 2.69 bits per heavy atom. The molecule has 0 radical (unpaired) electrons. The molecule has 1 spiro atoms. The molecule has 0 bridgehead atoms. The molecule has 3 rings (SSSR count). The fourth-order valence-electron chi connectivity index (χ4n) is 3.87. The van der Waals surface area contributed by atoms with E-state index in [2.05, 4.69) is 17.0 Å². The number of likely N-dealkylation sites (tertiary alicyclic amines) is 1. The highest BCUT2D eigenvalue weighted by molar-refractivity contribution is 5.76. The predicted molar refractivity (Wildman–Crippen MR) is 99.2 cm³/mol. The van der Waals surface area contributed by atoms with Gasteiger partial charge in [-0.1, -0.05) is 12.1 Å². The molecule has 0 aromatic heterocycles. The molecule has 2 aliphatic rings. The van der Waals surface area contributed by atoms with E-state index in [9.17, 15) is 4.79 Å². The molecule has 2 saturated heterocycles. The summed E-state index contributed by atoms with van der Waals surface area (Å²) in [6.45, 7) is 4.50. The van der Waals surface area contributed by atoms with E-state index in [0.29, 0.717) is 12.5 Å². The quantitative estimate of drug-likeness (QED) is 0.660. The van der Waals surface area contributed by atoms with E-state index in [1.165, 1.54) is 5.56 Å². The fraction of sp³-hybridized carbons (Fsp3) is 0.650. The number of likely N-dealkylation sites (N-methyl/N-ethyl adjacent to an activating group) is 1. The van der Waals surface area contributed by atoms with Crippen LogP contribution in [0.1, 0.15) is 18.4 Å². The van der Waals surface area contributed by atoms with Crippen LogP contribution in [0.5, 0.6) is 5.75 Å². The molecule has 26 heavy (non-hydrogen) atoms. The van der Waals surface area contributed by atoms with Crippen molar-refractivity contribution in [3.63, 3.8) is 0 Å². The molecular weight excluding hydrogens is 332 g/mol. The second-order valence-corrected chi connectivity index (χ2v) is 7.52. The van der Waals surface area contributed by atoms with E-state index >= 15 is 0 Å². The van der Waals surface area contributed by atoms with Crippen LogP contribution in [0.2, 0.25) is 0 Å². The van der Waals surface area contributed by atoms with Gasteiger partial charge in [-0.3, -0.25) is 9.69 Å². The number of benzene rings is 1. The number of ether oxygens (including phenoxy) is 3. The first kappa shape index (κ1) is 19.1. The van der Waals surface area contributed by atoms with Gasteiger partial charge in [0, 0.05) is 46.9 Å². The van der Waals surface area contributed by atoms with Gasteiger partial charge < -0.3 is 19.1 Å². The highest BCUT2D eigenvalue weighted by Gasteiger charge is 2.52. The van der Waals surface area contributed by atoms with Crippen LogP contribution in [0.4, 0.5) is 0 Å². The van der Waals surface area contributed by atoms with Gasteiger partial charge in [0.1, 0.15) is 12.4 Å². The van der Waals surface area contributed by atoms with Crippen LogP contribution in [0.3, 0.4) is 0 Å². The second kappa shape index (κ2) is 8.37. The standard InChI is InChI=1S/C20H30N2O4/c1-21(2)19(23)13-25-10-8-17-9-11-26-20(17)14-22(15-20)12-16-4-6-18(24-3)7-5-16/h4-7,17H,8-15H2,1-3H3. The number of nitrogens with zero attached hydrogens (tertiary/aromatic N) is 2. The van der Waals surface area contributed by atoms with Gasteiger partial charge in [0.15, 0.2) is 0 Å². The van der Waals surface area contributed by atoms with Crippen LogP contribution in [-0.4, -0.2) is 75.4 Å². The normalized spacial score (nSPS) is 21.6. The molecule has 1 aromatic carbocycles. The van der Waals surface area contributed by atoms with E-state index in [0.717, 1.165) is 44.8 Å². The molecule has 2 heterocycles. The molecular formula is C20H30N2O4. The minimum Gasteiger partial charge on any atom is -0.497 e. The topological polar surface area (TPSA) is 51.2 Å². The van der Waals surface area contributed by atoms with Crippen molar-refractivity contribution in [2.75, 3.05) is 54.1 Å². The van der Waals surface area contributed by atoms with Crippen molar-refractivity contribution >= 4 is 5.91 Å². The predicted octanol–water partition coefficient (Wildman–Crippen LogP) is 1.78. The number of amides is 1. The van der Waals surface area contributed by atoms with E-state index in [4.69, 9.17) is 14.2 Å². The summed E-state index contributed by atoms with van der Waals surface area (Å²) in [5.74, 6) is 1.42. The number of methoxy groups -OCH3 is 1. The van der Waals surface area contributed by atoms with E-state index in [-0.39, 0.29) is 18.1 Å². The lowest BCUT2D eigenvalue weighted by atomic mass is 9.79. The van der Waals surface area contributed by atoms with Gasteiger partial charge in [-0.15, -0.1) is 0 Å². The molecule has 1 amide bonds. The van der Waals surface area contributed by atoms with Crippen LogP contribution >= 0.6 is 0 Å². The minimum absolute atomic E-state index is 0.0108. The molecule has 2 aliphatic heterocycles. The number of rotatable bonds is 8. The molecule has 0 N–H and O–H groups in total. The monoisotopic (exact) mass is 362 g/mol. The first-order chi connectivity index (χ1) is 12.5. The highest BCUT2D eigenvalue weighted by atomic mass is 16.5. The Bertz CT molecular complexity index is 596. The summed E-state index contributed by atoms with van der Waals surface area (Å²) < 4.78 is 16.9. The first-order valence-corrected chi connectivity index (χ1v) is 9.29. The van der Waals surface area contributed by atoms with Crippen LogP contribution in [0.15, 0.2) is 24.3 Å². The maximum absolute atomic E-state index is 11.6. The van der Waals surface area contributed by atoms with Gasteiger partial charge in [0.2, 0.25) is 5.91 Å². The van der Waals surface area contributed by atoms with Gasteiger partial charge in [-0.2, -0.15) is 0 Å². The largest absolute Gasteiger partial charge is 0.497 e. The third kappa shape index (κ3) is 4.37. The molecule has 2 fully saturated rings. The van der Waals surface area contributed by atoms with Crippen molar-refractivity contribution in [2.24, 2.45) is 5.92 Å². The van der Waals surface area contributed by atoms with E-state index < -0.39 is 0 Å². The van der Waals surface area contributed by atoms with Crippen molar-refractivity contribution in [3.8, 4) is 5.75 Å². The second-order valence-electron chi connectivity index (χ2n) is 7.52. The smallest absolute Gasteiger partial charge is 0.248 e. The van der Waals surface area contributed by atoms with Crippen molar-refractivity contribution in [1.82, 2.24) is 9.80 Å². The maximum atomic E-state index is 11.6. The molecule has 6 nitrogen and oxygen atoms in total. The Morgan fingerprint density at radius 1 is 1.31 bits per heavy atom. The summed E-state index contributed by atoms with van der Waals surface area (Å²) in [4.78, 5) is 15.5. The number of hydrogen-bond acceptors (Lipinski definition) is 5. The molecule has 0 aliphatic carbocycles. The third-order valence-corrected chi connectivity index (χ3v) is 5.48. The Hall–Kier alpha value is -1.63. The Labute approximate surface area is 156 Å². The lowest BCUT2D eigenvalue weighted by Crippen LogP contribution is -2.64. The van der Waals surface area contributed by atoms with Crippen molar-refractivity contribution in [2.45, 2.75) is 25.0 Å². The average molecular weight is 362 g/mol. The maximum Gasteiger partial charge on any atom is 0.248 e. The first-order valence-electron chi connectivity index (χ1n) is 9.29. The summed E-state index contributed by atoms with van der Waals surface area (Å²) in [5, 5.41) is 0. The summed E-state index contributed by atoms with van der Waals surface area (Å²) >= 11 is 0. The summed E-state index contributed by atoms with van der Waals surface area (Å²) in [6.07, 6.45) is 2.04. The van der Waals surface area contributed by atoms with Crippen LogP contribution < -0.4 is 4.74 Å². The Morgan fingerprint density at radius 2 is 2.04 bits per heavy atom. The van der Waals surface area contributed by atoms with Crippen LogP contribution in [-0.2, 0) is 20.8 Å². The van der Waals surface area contributed by atoms with Gasteiger partial charge in [-0.05, 0) is 36.5 Å². The molecule has 1 unspecified atom stereocenters. The lowest BCUT2D eigenvalue weighted by Gasteiger charge is -2.50. The zero-order valence-corrected chi connectivity index (χ0v) is 16.1. The summed E-state index contributed by atoms with van der Waals surface area (Å²) in [6, 6.07) is 8.25. The van der Waals surface area contributed by atoms with E-state index in [1.54, 1.807) is 26.1 Å². The SMILES string of the molecule is COc1ccc(CN2CC3(C2)OCCC3CCOCC(=O)N(C)C)cc1. The molecule has 1 atom stereocenters. The molecule has 1 aromatic rings. The Balaban J connectivity index is 1.42. The lowest BCUT2D eigenvalue weighted by molar-refractivity contribution is -0.141. The van der Waals surface area contributed by atoms with Crippen molar-refractivity contribution in [1.29, 1.82) is 0 Å². The van der Waals surface area contributed by atoms with Crippen LogP contribution in [0.25, 0.3) is 0 Å². The summed E-state index contributed by atoms with van der Waals surface area (Å²) in [5.41, 5.74) is 1.28. The molecule has 144 valence electrons. The number of hydrogen-bond donors (Lipinski definition) is 0. The van der Waals surface area contributed by atoms with Gasteiger partial charge >= 0.3 is 0 Å². The number of carbonyl (C=O) groups is 1. The minimum atomic E-state index is -0.0125. The Kier molecular flexibility index (Phi) is 6.16. The third-order valence-electron chi connectivity index (χ3n) is 5.48. The van der Waals surface area contributed by atoms with Gasteiger partial charge in [-0.25, -0.2) is 0 Å². The average Bonchev–Trinajstić information content (AvgIpc) is 3.02.